The van der Waals surface area contributed by atoms with Crippen molar-refractivity contribution in [2.24, 2.45) is 0 Å². The maximum Gasteiger partial charge on any atom is 0.248 e. The van der Waals surface area contributed by atoms with Crippen LogP contribution in [0, 0.1) is 11.3 Å². The molecule has 24 heavy (non-hydrogen) atoms. The lowest BCUT2D eigenvalue weighted by Crippen LogP contribution is -2.11. The van der Waals surface area contributed by atoms with E-state index in [1.165, 1.54) is 6.08 Å². The van der Waals surface area contributed by atoms with Gasteiger partial charge in [-0.15, -0.1) is 0 Å². The molecule has 0 aliphatic carbocycles. The summed E-state index contributed by atoms with van der Waals surface area (Å²) in [6, 6.07) is 16.1. The van der Waals surface area contributed by atoms with Gasteiger partial charge in [-0.05, 0) is 42.0 Å². The van der Waals surface area contributed by atoms with Gasteiger partial charge >= 0.3 is 0 Å². The molecule has 0 aliphatic heterocycles. The molecule has 0 aliphatic rings. The normalized spacial score (nSPS) is 10.2. The van der Waals surface area contributed by atoms with E-state index in [1.807, 2.05) is 24.3 Å². The van der Waals surface area contributed by atoms with Crippen molar-refractivity contribution in [2.75, 3.05) is 10.6 Å². The summed E-state index contributed by atoms with van der Waals surface area (Å²) < 4.78 is 0.936. The quantitative estimate of drug-likeness (QED) is 0.766. The van der Waals surface area contributed by atoms with E-state index in [0.717, 1.165) is 10.0 Å². The van der Waals surface area contributed by atoms with Crippen LogP contribution in [0.4, 0.5) is 11.4 Å². The number of nitriles is 1. The second kappa shape index (κ2) is 8.65. The largest absolute Gasteiger partial charge is 0.325 e. The van der Waals surface area contributed by atoms with Gasteiger partial charge in [-0.2, -0.15) is 5.26 Å². The third-order valence-electron chi connectivity index (χ3n) is 2.93. The van der Waals surface area contributed by atoms with Gasteiger partial charge in [0.1, 0.15) is 6.42 Å². The molecular formula is C18H14BrN3O2. The number of nitrogens with one attached hydrogen (secondary N) is 2. The molecular weight excluding hydrogens is 370 g/mol. The van der Waals surface area contributed by atoms with Gasteiger partial charge in [0.15, 0.2) is 0 Å². The Hall–Kier alpha value is -2.91. The fraction of sp³-hybridized carbons (Fsp3) is 0.0556. The molecule has 0 spiro atoms. The first-order valence-corrected chi connectivity index (χ1v) is 7.87. The fourth-order valence-electron chi connectivity index (χ4n) is 1.92. The third-order valence-corrected chi connectivity index (χ3v) is 3.42. The number of carbonyl (C=O) groups is 2. The number of hydrogen-bond acceptors (Lipinski definition) is 3. The summed E-state index contributed by atoms with van der Waals surface area (Å²) in [5.74, 6) is -0.675. The van der Waals surface area contributed by atoms with Gasteiger partial charge in [-0.1, -0.05) is 34.1 Å². The highest BCUT2D eigenvalue weighted by molar-refractivity contribution is 9.10. The predicted molar refractivity (Wildman–Crippen MR) is 97.1 cm³/mol. The van der Waals surface area contributed by atoms with Gasteiger partial charge in [0.25, 0.3) is 0 Å². The number of carbonyl (C=O) groups excluding carboxylic acids is 2. The number of hydrogen-bond donors (Lipinski definition) is 2. The molecule has 6 heteroatoms. The van der Waals surface area contributed by atoms with E-state index in [4.69, 9.17) is 5.26 Å². The Labute approximate surface area is 148 Å². The van der Waals surface area contributed by atoms with Crippen molar-refractivity contribution in [3.63, 3.8) is 0 Å². The zero-order chi connectivity index (χ0) is 17.4. The van der Waals surface area contributed by atoms with E-state index in [-0.39, 0.29) is 12.3 Å². The van der Waals surface area contributed by atoms with Gasteiger partial charge in [-0.3, -0.25) is 9.59 Å². The Morgan fingerprint density at radius 3 is 2.50 bits per heavy atom. The number of nitrogens with zero attached hydrogens (tertiary/aromatic N) is 1. The molecule has 0 fully saturated rings. The first kappa shape index (κ1) is 17.4. The molecule has 0 atom stereocenters. The van der Waals surface area contributed by atoms with Crippen LogP contribution in [-0.4, -0.2) is 11.8 Å². The van der Waals surface area contributed by atoms with Crippen molar-refractivity contribution < 1.29 is 9.59 Å². The van der Waals surface area contributed by atoms with Crippen molar-refractivity contribution in [1.82, 2.24) is 0 Å². The molecule has 0 saturated heterocycles. The van der Waals surface area contributed by atoms with Crippen LogP contribution in [-0.2, 0) is 9.59 Å². The molecule has 0 aromatic heterocycles. The van der Waals surface area contributed by atoms with Crippen molar-refractivity contribution in [3.05, 3.63) is 64.6 Å². The van der Waals surface area contributed by atoms with Gasteiger partial charge in [0.2, 0.25) is 11.8 Å². The zero-order valence-corrected chi connectivity index (χ0v) is 14.2. The second-order valence-electron chi connectivity index (χ2n) is 4.84. The molecule has 0 bridgehead atoms. The number of amides is 2. The van der Waals surface area contributed by atoms with Crippen molar-refractivity contribution in [1.29, 1.82) is 5.26 Å². The van der Waals surface area contributed by atoms with Crippen molar-refractivity contribution in [2.45, 2.75) is 6.42 Å². The summed E-state index contributed by atoms with van der Waals surface area (Å²) >= 11 is 3.37. The SMILES string of the molecule is N#CCC(=O)Nc1cccc(NC(=O)/C=C/c2cccc(Br)c2)c1. The van der Waals surface area contributed by atoms with E-state index in [1.54, 1.807) is 36.4 Å². The Balaban J connectivity index is 1.99. The molecule has 2 rings (SSSR count). The maximum atomic E-state index is 12.0. The van der Waals surface area contributed by atoms with Gasteiger partial charge < -0.3 is 10.6 Å². The maximum absolute atomic E-state index is 12.0. The van der Waals surface area contributed by atoms with Crippen molar-refractivity contribution in [3.8, 4) is 6.07 Å². The lowest BCUT2D eigenvalue weighted by atomic mass is 10.2. The third kappa shape index (κ3) is 5.71. The summed E-state index contributed by atoms with van der Waals surface area (Å²) in [4.78, 5) is 23.4. The van der Waals surface area contributed by atoms with Crippen LogP contribution < -0.4 is 10.6 Å². The molecule has 0 radical (unpaired) electrons. The minimum absolute atomic E-state index is 0.216. The molecule has 2 aromatic rings. The first-order valence-electron chi connectivity index (χ1n) is 7.08. The molecule has 5 nitrogen and oxygen atoms in total. The minimum Gasteiger partial charge on any atom is -0.325 e. The minimum atomic E-state index is -0.393. The summed E-state index contributed by atoms with van der Waals surface area (Å²) in [6.45, 7) is 0. The van der Waals surface area contributed by atoms with Crippen molar-refractivity contribution >= 4 is 45.2 Å². The van der Waals surface area contributed by atoms with Crippen LogP contribution >= 0.6 is 15.9 Å². The summed E-state index contributed by atoms with van der Waals surface area (Å²) in [6.07, 6.45) is 2.92. The van der Waals surface area contributed by atoms with E-state index in [9.17, 15) is 9.59 Å². The fourth-order valence-corrected chi connectivity index (χ4v) is 2.33. The number of halogens is 1. The average molecular weight is 384 g/mol. The molecule has 2 N–H and O–H groups in total. The highest BCUT2D eigenvalue weighted by Gasteiger charge is 2.03. The summed E-state index contributed by atoms with van der Waals surface area (Å²) in [7, 11) is 0. The van der Waals surface area contributed by atoms with Crippen LogP contribution in [0.3, 0.4) is 0 Å². The standard InChI is InChI=1S/C18H14BrN3O2/c19-14-4-1-3-13(11-14)7-8-17(23)21-15-5-2-6-16(12-15)22-18(24)9-10-20/h1-8,11-12H,9H2,(H,21,23)(H,22,24)/b8-7+. The first-order chi connectivity index (χ1) is 11.6. The van der Waals surface area contributed by atoms with E-state index < -0.39 is 5.91 Å². The van der Waals surface area contributed by atoms with Gasteiger partial charge in [0.05, 0.1) is 6.07 Å². The van der Waals surface area contributed by atoms with Crippen LogP contribution in [0.25, 0.3) is 6.08 Å². The zero-order valence-electron chi connectivity index (χ0n) is 12.6. The molecule has 0 saturated carbocycles. The highest BCUT2D eigenvalue weighted by Crippen LogP contribution is 2.16. The Bertz CT molecular complexity index is 825. The number of anilines is 2. The summed E-state index contributed by atoms with van der Waals surface area (Å²) in [5, 5.41) is 13.8. The Kier molecular flexibility index (Phi) is 6.29. The average Bonchev–Trinajstić information content (AvgIpc) is 2.53. The lowest BCUT2D eigenvalue weighted by molar-refractivity contribution is -0.115. The van der Waals surface area contributed by atoms with Crippen LogP contribution in [0.15, 0.2) is 59.1 Å². The van der Waals surface area contributed by atoms with Crippen LogP contribution in [0.1, 0.15) is 12.0 Å². The molecule has 0 heterocycles. The Morgan fingerprint density at radius 2 is 1.79 bits per heavy atom. The predicted octanol–water partition coefficient (Wildman–Crippen LogP) is 3.95. The number of benzene rings is 2. The van der Waals surface area contributed by atoms with Gasteiger partial charge in [-0.25, -0.2) is 0 Å². The van der Waals surface area contributed by atoms with E-state index in [0.29, 0.717) is 11.4 Å². The van der Waals surface area contributed by atoms with Gasteiger partial charge in [0, 0.05) is 21.9 Å². The topological polar surface area (TPSA) is 82.0 Å². The summed E-state index contributed by atoms with van der Waals surface area (Å²) in [5.41, 5.74) is 1.97. The molecule has 2 amide bonds. The van der Waals surface area contributed by atoms with Crippen LogP contribution in [0.5, 0.6) is 0 Å². The van der Waals surface area contributed by atoms with E-state index >= 15 is 0 Å². The Morgan fingerprint density at radius 1 is 1.08 bits per heavy atom. The lowest BCUT2D eigenvalue weighted by Gasteiger charge is -2.06. The molecule has 120 valence electrons. The molecule has 0 unspecified atom stereocenters. The monoisotopic (exact) mass is 383 g/mol. The smallest absolute Gasteiger partial charge is 0.248 e. The molecule has 2 aromatic carbocycles. The van der Waals surface area contributed by atoms with Crippen LogP contribution in [0.2, 0.25) is 0 Å². The number of rotatable bonds is 5. The highest BCUT2D eigenvalue weighted by atomic mass is 79.9. The second-order valence-corrected chi connectivity index (χ2v) is 5.76. The van der Waals surface area contributed by atoms with E-state index in [2.05, 4.69) is 26.6 Å².